The molecule has 8 heteroatoms. The molecule has 0 saturated carbocycles. The molecule has 2 N–H and O–H groups in total. The molecule has 0 fully saturated rings. The lowest BCUT2D eigenvalue weighted by Crippen LogP contribution is -2.12. The van der Waals surface area contributed by atoms with E-state index in [4.69, 9.17) is 11.6 Å². The van der Waals surface area contributed by atoms with Gasteiger partial charge in [-0.1, -0.05) is 29.9 Å². The average molecular weight is 376 g/mol. The molecular formula is C12H12BrClN4OS. The maximum Gasteiger partial charge on any atom is 0.286 e. The van der Waals surface area contributed by atoms with Crippen LogP contribution in [0.4, 0.5) is 10.8 Å². The van der Waals surface area contributed by atoms with Crippen LogP contribution >= 0.6 is 38.9 Å². The molecule has 5 nitrogen and oxygen atoms in total. The third kappa shape index (κ3) is 3.91. The first-order valence-electron chi connectivity index (χ1n) is 5.94. The summed E-state index contributed by atoms with van der Waals surface area (Å²) in [6.07, 6.45) is 0.983. The minimum absolute atomic E-state index is 0.301. The Morgan fingerprint density at radius 1 is 1.45 bits per heavy atom. The number of anilines is 2. The molecule has 0 aliphatic carbocycles. The number of nitrogens with zero attached hydrogens (tertiary/aromatic N) is 2. The summed E-state index contributed by atoms with van der Waals surface area (Å²) < 4.78 is 0.754. The predicted octanol–water partition coefficient (Wildman–Crippen LogP) is 4.03. The van der Waals surface area contributed by atoms with Crippen molar-refractivity contribution in [2.24, 2.45) is 0 Å². The summed E-state index contributed by atoms with van der Waals surface area (Å²) >= 11 is 10.5. The van der Waals surface area contributed by atoms with Gasteiger partial charge in [-0.25, -0.2) is 0 Å². The summed E-state index contributed by atoms with van der Waals surface area (Å²) in [4.78, 5) is 12.1. The van der Waals surface area contributed by atoms with Crippen molar-refractivity contribution in [3.05, 3.63) is 32.7 Å². The Bertz CT molecular complexity index is 619. The van der Waals surface area contributed by atoms with Crippen LogP contribution < -0.4 is 10.6 Å². The number of nitrogens with one attached hydrogen (secondary N) is 2. The number of hydrogen-bond donors (Lipinski definition) is 2. The fourth-order valence-electron chi connectivity index (χ4n) is 1.39. The molecule has 20 heavy (non-hydrogen) atoms. The molecule has 0 atom stereocenters. The lowest BCUT2D eigenvalue weighted by atomic mass is 10.3. The predicted molar refractivity (Wildman–Crippen MR) is 85.8 cm³/mol. The van der Waals surface area contributed by atoms with E-state index in [0.29, 0.717) is 20.8 Å². The van der Waals surface area contributed by atoms with Gasteiger partial charge in [0.05, 0.1) is 5.69 Å². The summed E-state index contributed by atoms with van der Waals surface area (Å²) in [6.45, 7) is 2.86. The van der Waals surface area contributed by atoms with E-state index in [1.807, 2.05) is 0 Å². The highest BCUT2D eigenvalue weighted by Crippen LogP contribution is 2.27. The fraction of sp³-hybridized carbons (Fsp3) is 0.250. The van der Waals surface area contributed by atoms with Crippen LogP contribution in [0.5, 0.6) is 0 Å². The molecule has 0 radical (unpaired) electrons. The highest BCUT2D eigenvalue weighted by Gasteiger charge is 2.14. The normalized spacial score (nSPS) is 10.3. The van der Waals surface area contributed by atoms with Crippen molar-refractivity contribution in [3.63, 3.8) is 0 Å². The summed E-state index contributed by atoms with van der Waals surface area (Å²) in [7, 11) is 0. The number of halogens is 2. The van der Waals surface area contributed by atoms with E-state index in [0.717, 1.165) is 17.4 Å². The Hall–Kier alpha value is -1.18. The average Bonchev–Trinajstić information content (AvgIpc) is 2.89. The van der Waals surface area contributed by atoms with E-state index in [2.05, 4.69) is 43.7 Å². The molecule has 0 aliphatic rings. The first-order chi connectivity index (χ1) is 9.60. The molecule has 0 aliphatic heterocycles. The molecule has 1 heterocycles. The zero-order valence-corrected chi connectivity index (χ0v) is 13.8. The fourth-order valence-corrected chi connectivity index (χ4v) is 2.57. The van der Waals surface area contributed by atoms with Gasteiger partial charge in [-0.3, -0.25) is 4.79 Å². The zero-order valence-electron chi connectivity index (χ0n) is 10.6. The van der Waals surface area contributed by atoms with Gasteiger partial charge >= 0.3 is 0 Å². The van der Waals surface area contributed by atoms with Gasteiger partial charge in [0, 0.05) is 16.0 Å². The number of carbonyl (C=O) groups is 1. The second kappa shape index (κ2) is 7.01. The number of aromatic nitrogens is 2. The van der Waals surface area contributed by atoms with Gasteiger partial charge in [-0.05, 0) is 40.5 Å². The topological polar surface area (TPSA) is 66.9 Å². The van der Waals surface area contributed by atoms with Gasteiger partial charge < -0.3 is 10.6 Å². The highest BCUT2D eigenvalue weighted by atomic mass is 79.9. The van der Waals surface area contributed by atoms with Crippen molar-refractivity contribution in [1.29, 1.82) is 0 Å². The minimum atomic E-state index is -0.310. The van der Waals surface area contributed by atoms with Crippen LogP contribution in [0.1, 0.15) is 23.1 Å². The quantitative estimate of drug-likeness (QED) is 0.828. The summed E-state index contributed by atoms with van der Waals surface area (Å²) in [6, 6.07) is 5.17. The number of rotatable bonds is 5. The van der Waals surface area contributed by atoms with E-state index in [1.165, 1.54) is 11.3 Å². The molecule has 0 bridgehead atoms. The standard InChI is InChI=1S/C12H12BrClN4OS/c1-2-5-15-12-18-17-11(20-12)10(19)16-9-6-7(14)3-4-8(9)13/h3-4,6H,2,5H2,1H3,(H,15,18)(H,16,19). The second-order valence-corrected chi connectivity index (χ2v) is 6.19. The monoisotopic (exact) mass is 374 g/mol. The van der Waals surface area contributed by atoms with Gasteiger partial charge in [-0.2, -0.15) is 0 Å². The lowest BCUT2D eigenvalue weighted by Gasteiger charge is -2.05. The van der Waals surface area contributed by atoms with Crippen LogP contribution in [-0.2, 0) is 0 Å². The number of hydrogen-bond acceptors (Lipinski definition) is 5. The molecular weight excluding hydrogens is 364 g/mol. The van der Waals surface area contributed by atoms with Crippen molar-refractivity contribution in [3.8, 4) is 0 Å². The van der Waals surface area contributed by atoms with E-state index in [1.54, 1.807) is 18.2 Å². The van der Waals surface area contributed by atoms with E-state index in [9.17, 15) is 4.79 Å². The molecule has 2 aromatic rings. The Morgan fingerprint density at radius 2 is 2.25 bits per heavy atom. The Balaban J connectivity index is 2.08. The largest absolute Gasteiger partial charge is 0.360 e. The summed E-state index contributed by atoms with van der Waals surface area (Å²) in [5.41, 5.74) is 0.598. The van der Waals surface area contributed by atoms with Crippen LogP contribution in [-0.4, -0.2) is 22.6 Å². The lowest BCUT2D eigenvalue weighted by molar-refractivity contribution is 0.102. The Morgan fingerprint density at radius 3 is 3.00 bits per heavy atom. The number of carbonyl (C=O) groups excluding carboxylic acids is 1. The Kier molecular flexibility index (Phi) is 5.33. The van der Waals surface area contributed by atoms with Gasteiger partial charge in [0.15, 0.2) is 0 Å². The van der Waals surface area contributed by atoms with Crippen LogP contribution in [0.15, 0.2) is 22.7 Å². The summed E-state index contributed by atoms with van der Waals surface area (Å²) in [5.74, 6) is -0.310. The van der Waals surface area contributed by atoms with Crippen molar-refractivity contribution in [2.45, 2.75) is 13.3 Å². The van der Waals surface area contributed by atoms with Crippen molar-refractivity contribution >= 4 is 55.6 Å². The number of amides is 1. The van der Waals surface area contributed by atoms with E-state index >= 15 is 0 Å². The van der Waals surface area contributed by atoms with Crippen LogP contribution in [0.2, 0.25) is 5.02 Å². The smallest absolute Gasteiger partial charge is 0.286 e. The molecule has 1 aromatic carbocycles. The molecule has 0 saturated heterocycles. The maximum atomic E-state index is 12.1. The van der Waals surface area contributed by atoms with E-state index in [-0.39, 0.29) is 5.91 Å². The highest BCUT2D eigenvalue weighted by molar-refractivity contribution is 9.10. The van der Waals surface area contributed by atoms with Crippen molar-refractivity contribution in [1.82, 2.24) is 10.2 Å². The maximum absolute atomic E-state index is 12.1. The van der Waals surface area contributed by atoms with Gasteiger partial charge in [0.2, 0.25) is 10.1 Å². The van der Waals surface area contributed by atoms with Crippen LogP contribution in [0.3, 0.4) is 0 Å². The number of benzene rings is 1. The molecule has 0 unspecified atom stereocenters. The van der Waals surface area contributed by atoms with Gasteiger partial charge in [0.25, 0.3) is 5.91 Å². The van der Waals surface area contributed by atoms with Crippen LogP contribution in [0, 0.1) is 0 Å². The minimum Gasteiger partial charge on any atom is -0.360 e. The van der Waals surface area contributed by atoms with Crippen molar-refractivity contribution in [2.75, 3.05) is 17.2 Å². The SMILES string of the molecule is CCCNc1nnc(C(=O)Nc2cc(Cl)ccc2Br)s1. The van der Waals surface area contributed by atoms with Gasteiger partial charge in [0.1, 0.15) is 0 Å². The van der Waals surface area contributed by atoms with E-state index < -0.39 is 0 Å². The van der Waals surface area contributed by atoms with Gasteiger partial charge in [-0.15, -0.1) is 10.2 Å². The molecule has 0 spiro atoms. The molecule has 106 valence electrons. The molecule has 1 aromatic heterocycles. The third-order valence-corrected chi connectivity index (χ3v) is 4.13. The second-order valence-electron chi connectivity index (χ2n) is 3.92. The zero-order chi connectivity index (χ0) is 14.5. The first kappa shape index (κ1) is 15.2. The molecule has 1 amide bonds. The van der Waals surface area contributed by atoms with Crippen LogP contribution in [0.25, 0.3) is 0 Å². The molecule has 2 rings (SSSR count). The first-order valence-corrected chi connectivity index (χ1v) is 7.92. The third-order valence-electron chi connectivity index (χ3n) is 2.32. The summed E-state index contributed by atoms with van der Waals surface area (Å²) in [5, 5.41) is 15.1. The Labute approximate surface area is 133 Å². The van der Waals surface area contributed by atoms with Crippen molar-refractivity contribution < 1.29 is 4.79 Å².